The van der Waals surface area contributed by atoms with Crippen molar-refractivity contribution < 1.29 is 9.84 Å². The number of fused-ring (bicyclic) bond motifs is 1. The molecule has 19 heavy (non-hydrogen) atoms. The number of aliphatic hydroxyl groups is 1. The molecule has 0 amide bonds. The molecule has 1 saturated heterocycles. The number of aliphatic hydroxyl groups excluding tert-OH is 1. The van der Waals surface area contributed by atoms with Gasteiger partial charge in [-0.25, -0.2) is 4.98 Å². The summed E-state index contributed by atoms with van der Waals surface area (Å²) in [4.78, 5) is 6.82. The fraction of sp³-hybridized carbons (Fsp3) is 0.462. The second-order valence-corrected chi connectivity index (χ2v) is 5.98. The Labute approximate surface area is 120 Å². The molecular formula is C13H15ClN2O2S. The van der Waals surface area contributed by atoms with Crippen molar-refractivity contribution in [3.05, 3.63) is 17.2 Å². The summed E-state index contributed by atoms with van der Waals surface area (Å²) < 4.78 is 6.27. The first kappa shape index (κ1) is 13.0. The summed E-state index contributed by atoms with van der Waals surface area (Å²) in [5.41, 5.74) is 0.804. The molecule has 0 radical (unpaired) electrons. The van der Waals surface area contributed by atoms with E-state index in [1.807, 2.05) is 12.1 Å². The summed E-state index contributed by atoms with van der Waals surface area (Å²) >= 11 is 7.78. The van der Waals surface area contributed by atoms with Crippen LogP contribution in [0.2, 0.25) is 5.02 Å². The molecule has 0 spiro atoms. The lowest BCUT2D eigenvalue weighted by molar-refractivity contribution is 0.266. The van der Waals surface area contributed by atoms with Crippen LogP contribution in [0, 0.1) is 0 Å². The maximum absolute atomic E-state index is 9.41. The van der Waals surface area contributed by atoms with Crippen LogP contribution in [-0.4, -0.2) is 36.4 Å². The van der Waals surface area contributed by atoms with E-state index in [1.165, 1.54) is 0 Å². The number of halogens is 1. The number of thiazole rings is 1. The fourth-order valence-electron chi connectivity index (χ4n) is 2.51. The number of methoxy groups -OCH3 is 1. The van der Waals surface area contributed by atoms with Crippen LogP contribution in [0.3, 0.4) is 0 Å². The normalized spacial score (nSPS) is 19.3. The van der Waals surface area contributed by atoms with Gasteiger partial charge in [0.25, 0.3) is 0 Å². The Morgan fingerprint density at radius 1 is 1.58 bits per heavy atom. The number of aromatic nitrogens is 1. The molecule has 1 aromatic carbocycles. The molecule has 1 aliphatic rings. The first-order valence-corrected chi connectivity index (χ1v) is 7.44. The van der Waals surface area contributed by atoms with Crippen LogP contribution in [0.5, 0.6) is 5.75 Å². The topological polar surface area (TPSA) is 45.6 Å². The Balaban J connectivity index is 2.08. The number of ether oxygens (including phenoxy) is 1. The number of anilines is 1. The average molecular weight is 299 g/mol. The second-order valence-electron chi connectivity index (χ2n) is 4.60. The van der Waals surface area contributed by atoms with Gasteiger partial charge in [-0.3, -0.25) is 0 Å². The van der Waals surface area contributed by atoms with Gasteiger partial charge < -0.3 is 14.7 Å². The molecule has 2 heterocycles. The predicted molar refractivity (Wildman–Crippen MR) is 78.6 cm³/mol. The van der Waals surface area contributed by atoms with Gasteiger partial charge in [0.1, 0.15) is 11.3 Å². The van der Waals surface area contributed by atoms with E-state index in [0.29, 0.717) is 5.02 Å². The summed E-state index contributed by atoms with van der Waals surface area (Å²) in [6.45, 7) is 1.10. The Bertz CT molecular complexity index is 602. The minimum absolute atomic E-state index is 0.167. The fourth-order valence-corrected chi connectivity index (χ4v) is 3.86. The van der Waals surface area contributed by atoms with Gasteiger partial charge >= 0.3 is 0 Å². The molecule has 1 fully saturated rings. The van der Waals surface area contributed by atoms with Crippen LogP contribution in [0.15, 0.2) is 12.1 Å². The molecule has 1 unspecified atom stereocenters. The summed E-state index contributed by atoms with van der Waals surface area (Å²) in [6, 6.07) is 3.84. The van der Waals surface area contributed by atoms with Crippen molar-refractivity contribution in [3.8, 4) is 5.75 Å². The van der Waals surface area contributed by atoms with Crippen LogP contribution < -0.4 is 9.64 Å². The molecule has 0 aliphatic carbocycles. The van der Waals surface area contributed by atoms with Crippen molar-refractivity contribution in [2.75, 3.05) is 25.2 Å². The maximum Gasteiger partial charge on any atom is 0.186 e. The quantitative estimate of drug-likeness (QED) is 0.946. The smallest absolute Gasteiger partial charge is 0.186 e. The lowest BCUT2D eigenvalue weighted by Gasteiger charge is -2.21. The molecule has 1 aromatic heterocycles. The molecule has 4 nitrogen and oxygen atoms in total. The van der Waals surface area contributed by atoms with Crippen LogP contribution in [0.4, 0.5) is 5.13 Å². The Hall–Kier alpha value is -1.04. The van der Waals surface area contributed by atoms with Gasteiger partial charge in [-0.15, -0.1) is 0 Å². The molecule has 6 heteroatoms. The number of nitrogens with zero attached hydrogens (tertiary/aromatic N) is 2. The minimum atomic E-state index is 0.167. The molecular weight excluding hydrogens is 284 g/mol. The van der Waals surface area contributed by atoms with Crippen LogP contribution in [-0.2, 0) is 0 Å². The summed E-state index contributed by atoms with van der Waals surface area (Å²) in [5.74, 6) is 0.738. The second kappa shape index (κ2) is 5.15. The van der Waals surface area contributed by atoms with E-state index >= 15 is 0 Å². The number of hydrogen-bond donors (Lipinski definition) is 1. The van der Waals surface area contributed by atoms with E-state index < -0.39 is 0 Å². The van der Waals surface area contributed by atoms with Crippen molar-refractivity contribution in [2.24, 2.45) is 0 Å². The maximum atomic E-state index is 9.41. The average Bonchev–Trinajstić information content (AvgIpc) is 3.05. The van der Waals surface area contributed by atoms with Gasteiger partial charge in [-0.05, 0) is 25.0 Å². The highest BCUT2D eigenvalue weighted by molar-refractivity contribution is 7.22. The van der Waals surface area contributed by atoms with Gasteiger partial charge in [0.2, 0.25) is 0 Å². The molecule has 102 valence electrons. The van der Waals surface area contributed by atoms with Crippen molar-refractivity contribution in [1.82, 2.24) is 4.98 Å². The number of benzene rings is 1. The van der Waals surface area contributed by atoms with Crippen LogP contribution in [0.1, 0.15) is 12.8 Å². The standard InChI is InChI=1S/C13H15ClN2O2S/c1-18-10-5-4-9(14)12-11(10)15-13(19-12)16-6-2-3-8(16)7-17/h4-5,8,17H,2-3,6-7H2,1H3. The van der Waals surface area contributed by atoms with Crippen molar-refractivity contribution in [1.29, 1.82) is 0 Å². The highest BCUT2D eigenvalue weighted by Crippen LogP contribution is 2.40. The molecule has 0 saturated carbocycles. The van der Waals surface area contributed by atoms with Crippen molar-refractivity contribution in [3.63, 3.8) is 0 Å². The highest BCUT2D eigenvalue weighted by Gasteiger charge is 2.27. The van der Waals surface area contributed by atoms with Gasteiger partial charge in [-0.1, -0.05) is 22.9 Å². The van der Waals surface area contributed by atoms with E-state index in [-0.39, 0.29) is 12.6 Å². The first-order valence-electron chi connectivity index (χ1n) is 6.25. The van der Waals surface area contributed by atoms with Crippen LogP contribution >= 0.6 is 22.9 Å². The van der Waals surface area contributed by atoms with E-state index in [4.69, 9.17) is 16.3 Å². The minimum Gasteiger partial charge on any atom is -0.494 e. The highest BCUT2D eigenvalue weighted by atomic mass is 35.5. The van der Waals surface area contributed by atoms with E-state index in [2.05, 4.69) is 9.88 Å². The predicted octanol–water partition coefficient (Wildman–Crippen LogP) is 2.92. The van der Waals surface area contributed by atoms with E-state index in [9.17, 15) is 5.11 Å². The van der Waals surface area contributed by atoms with Gasteiger partial charge in [-0.2, -0.15) is 0 Å². The molecule has 2 aromatic rings. The summed E-state index contributed by atoms with van der Waals surface area (Å²) in [6.07, 6.45) is 2.10. The summed E-state index contributed by atoms with van der Waals surface area (Å²) in [7, 11) is 1.63. The lowest BCUT2D eigenvalue weighted by atomic mass is 10.2. The third kappa shape index (κ3) is 2.16. The number of rotatable bonds is 3. The van der Waals surface area contributed by atoms with E-state index in [1.54, 1.807) is 18.4 Å². The number of hydrogen-bond acceptors (Lipinski definition) is 5. The lowest BCUT2D eigenvalue weighted by Crippen LogP contribution is -2.31. The zero-order chi connectivity index (χ0) is 13.4. The van der Waals surface area contributed by atoms with Gasteiger partial charge in [0.15, 0.2) is 5.13 Å². The summed E-state index contributed by atoms with van der Waals surface area (Å²) in [5, 5.41) is 11.0. The SMILES string of the molecule is COc1ccc(Cl)c2sc(N3CCCC3CO)nc12. The zero-order valence-corrected chi connectivity index (χ0v) is 12.2. The molecule has 0 bridgehead atoms. The molecule has 1 aliphatic heterocycles. The molecule has 1 atom stereocenters. The third-order valence-electron chi connectivity index (χ3n) is 3.50. The molecule has 1 N–H and O–H groups in total. The monoisotopic (exact) mass is 298 g/mol. The largest absolute Gasteiger partial charge is 0.494 e. The van der Waals surface area contributed by atoms with Gasteiger partial charge in [0.05, 0.1) is 29.5 Å². The molecule has 3 rings (SSSR count). The van der Waals surface area contributed by atoms with Crippen molar-refractivity contribution >= 4 is 38.3 Å². The Morgan fingerprint density at radius 3 is 3.16 bits per heavy atom. The van der Waals surface area contributed by atoms with Gasteiger partial charge in [0, 0.05) is 6.54 Å². The Kier molecular flexibility index (Phi) is 3.52. The van der Waals surface area contributed by atoms with E-state index in [0.717, 1.165) is 40.5 Å². The third-order valence-corrected chi connectivity index (χ3v) is 5.05. The Morgan fingerprint density at radius 2 is 2.42 bits per heavy atom. The van der Waals surface area contributed by atoms with Crippen molar-refractivity contribution in [2.45, 2.75) is 18.9 Å². The van der Waals surface area contributed by atoms with Crippen LogP contribution in [0.25, 0.3) is 10.2 Å². The first-order chi connectivity index (χ1) is 9.24. The zero-order valence-electron chi connectivity index (χ0n) is 10.6.